The van der Waals surface area contributed by atoms with Gasteiger partial charge in [0.1, 0.15) is 0 Å². The molecular weight excluding hydrogens is 226 g/mol. The summed E-state index contributed by atoms with van der Waals surface area (Å²) in [4.78, 5) is 14.2. The average Bonchev–Trinajstić information content (AvgIpc) is 2.66. The van der Waals surface area contributed by atoms with E-state index in [1.807, 2.05) is 0 Å². The summed E-state index contributed by atoms with van der Waals surface area (Å²) in [5, 5.41) is 0. The summed E-state index contributed by atoms with van der Waals surface area (Å²) >= 11 is 0. The van der Waals surface area contributed by atoms with Gasteiger partial charge in [-0.3, -0.25) is 0 Å². The number of nitrogens with zero attached hydrogens (tertiary/aromatic N) is 1. The minimum atomic E-state index is -0.110. The van der Waals surface area contributed by atoms with Crippen LogP contribution in [-0.2, 0) is 9.53 Å². The van der Waals surface area contributed by atoms with E-state index >= 15 is 0 Å². The Labute approximate surface area is 110 Å². The van der Waals surface area contributed by atoms with Crippen LogP contribution in [0, 0.1) is 5.92 Å². The van der Waals surface area contributed by atoms with Gasteiger partial charge in [0.2, 0.25) is 0 Å². The van der Waals surface area contributed by atoms with Crippen LogP contribution in [0.25, 0.3) is 0 Å². The van der Waals surface area contributed by atoms with E-state index in [-0.39, 0.29) is 5.97 Å². The first-order chi connectivity index (χ1) is 8.72. The van der Waals surface area contributed by atoms with Crippen LogP contribution in [0.4, 0.5) is 0 Å². The SMILES string of the molecule is COC(=O)C1=C(C2CCCCCC2)CCN(C)C1. The minimum Gasteiger partial charge on any atom is -0.466 e. The molecule has 0 aromatic heterocycles. The van der Waals surface area contributed by atoms with Crippen LogP contribution in [0.1, 0.15) is 44.9 Å². The van der Waals surface area contributed by atoms with E-state index in [9.17, 15) is 4.79 Å². The molecule has 0 bridgehead atoms. The first kappa shape index (κ1) is 13.6. The monoisotopic (exact) mass is 251 g/mol. The largest absolute Gasteiger partial charge is 0.466 e. The van der Waals surface area contributed by atoms with Crippen molar-refractivity contribution >= 4 is 5.97 Å². The second-order valence-corrected chi connectivity index (χ2v) is 5.67. The van der Waals surface area contributed by atoms with Crippen molar-refractivity contribution in [3.8, 4) is 0 Å². The van der Waals surface area contributed by atoms with E-state index in [1.54, 1.807) is 0 Å². The van der Waals surface area contributed by atoms with Crippen molar-refractivity contribution in [2.75, 3.05) is 27.2 Å². The molecule has 2 rings (SSSR count). The van der Waals surface area contributed by atoms with Crippen molar-refractivity contribution in [2.24, 2.45) is 5.92 Å². The molecule has 0 radical (unpaired) electrons. The van der Waals surface area contributed by atoms with Crippen molar-refractivity contribution in [3.63, 3.8) is 0 Å². The summed E-state index contributed by atoms with van der Waals surface area (Å²) in [6, 6.07) is 0. The molecule has 1 saturated carbocycles. The molecule has 0 aromatic carbocycles. The zero-order valence-corrected chi connectivity index (χ0v) is 11.7. The summed E-state index contributed by atoms with van der Waals surface area (Å²) in [6.45, 7) is 1.84. The van der Waals surface area contributed by atoms with Gasteiger partial charge in [-0.2, -0.15) is 0 Å². The molecule has 3 nitrogen and oxygen atoms in total. The van der Waals surface area contributed by atoms with Crippen LogP contribution in [0.3, 0.4) is 0 Å². The summed E-state index contributed by atoms with van der Waals surface area (Å²) in [7, 11) is 3.57. The highest BCUT2D eigenvalue weighted by Gasteiger charge is 2.27. The van der Waals surface area contributed by atoms with Gasteiger partial charge in [0.25, 0.3) is 0 Å². The number of carbonyl (C=O) groups is 1. The molecule has 2 aliphatic rings. The lowest BCUT2D eigenvalue weighted by Crippen LogP contribution is -2.33. The maximum atomic E-state index is 11.9. The number of carbonyl (C=O) groups excluding carboxylic acids is 1. The van der Waals surface area contributed by atoms with E-state index in [0.717, 1.165) is 25.1 Å². The Morgan fingerprint density at radius 3 is 2.50 bits per heavy atom. The highest BCUT2D eigenvalue weighted by molar-refractivity contribution is 5.90. The summed E-state index contributed by atoms with van der Waals surface area (Å²) < 4.78 is 4.97. The van der Waals surface area contributed by atoms with Crippen LogP contribution >= 0.6 is 0 Å². The van der Waals surface area contributed by atoms with Crippen LogP contribution in [0.5, 0.6) is 0 Å². The quantitative estimate of drug-likeness (QED) is 0.558. The van der Waals surface area contributed by atoms with Crippen molar-refractivity contribution in [1.82, 2.24) is 4.90 Å². The molecule has 18 heavy (non-hydrogen) atoms. The highest BCUT2D eigenvalue weighted by atomic mass is 16.5. The molecular formula is C15H25NO2. The molecule has 3 heteroatoms. The molecule has 0 N–H and O–H groups in total. The van der Waals surface area contributed by atoms with Crippen LogP contribution in [0.2, 0.25) is 0 Å². The molecule has 1 fully saturated rings. The maximum absolute atomic E-state index is 11.9. The number of esters is 1. The highest BCUT2D eigenvalue weighted by Crippen LogP contribution is 2.34. The Morgan fingerprint density at radius 2 is 1.89 bits per heavy atom. The maximum Gasteiger partial charge on any atom is 0.335 e. The summed E-state index contributed by atoms with van der Waals surface area (Å²) in [6.07, 6.45) is 8.93. The molecule has 0 atom stereocenters. The predicted molar refractivity (Wildman–Crippen MR) is 72.3 cm³/mol. The van der Waals surface area contributed by atoms with Crippen molar-refractivity contribution in [3.05, 3.63) is 11.1 Å². The fourth-order valence-electron chi connectivity index (χ4n) is 3.31. The third kappa shape index (κ3) is 3.14. The number of rotatable bonds is 2. The Hall–Kier alpha value is -0.830. The van der Waals surface area contributed by atoms with Gasteiger partial charge in [-0.15, -0.1) is 0 Å². The van der Waals surface area contributed by atoms with E-state index in [2.05, 4.69) is 11.9 Å². The van der Waals surface area contributed by atoms with Gasteiger partial charge in [0.05, 0.1) is 12.7 Å². The lowest BCUT2D eigenvalue weighted by Gasteiger charge is -2.30. The second kappa shape index (κ2) is 6.37. The van der Waals surface area contributed by atoms with Crippen molar-refractivity contribution < 1.29 is 9.53 Å². The van der Waals surface area contributed by atoms with Gasteiger partial charge >= 0.3 is 5.97 Å². The van der Waals surface area contributed by atoms with Crippen LogP contribution < -0.4 is 0 Å². The number of hydrogen-bond acceptors (Lipinski definition) is 3. The molecule has 0 spiro atoms. The Morgan fingerprint density at radius 1 is 1.22 bits per heavy atom. The Bertz CT molecular complexity index is 327. The van der Waals surface area contributed by atoms with E-state index in [4.69, 9.17) is 4.74 Å². The number of likely N-dealkylation sites (N-methyl/N-ethyl adjacent to an activating group) is 1. The second-order valence-electron chi connectivity index (χ2n) is 5.67. The number of hydrogen-bond donors (Lipinski definition) is 0. The molecule has 1 aliphatic heterocycles. The van der Waals surface area contributed by atoms with E-state index in [1.165, 1.54) is 51.2 Å². The summed E-state index contributed by atoms with van der Waals surface area (Å²) in [5.41, 5.74) is 2.35. The number of ether oxygens (including phenoxy) is 1. The minimum absolute atomic E-state index is 0.110. The predicted octanol–water partition coefficient (Wildman–Crippen LogP) is 2.76. The van der Waals surface area contributed by atoms with Crippen molar-refractivity contribution in [1.29, 1.82) is 0 Å². The van der Waals surface area contributed by atoms with E-state index in [0.29, 0.717) is 5.92 Å². The molecule has 0 unspecified atom stereocenters. The lowest BCUT2D eigenvalue weighted by molar-refractivity contribution is -0.136. The van der Waals surface area contributed by atoms with Gasteiger partial charge in [-0.1, -0.05) is 31.3 Å². The van der Waals surface area contributed by atoms with Gasteiger partial charge in [-0.25, -0.2) is 4.79 Å². The third-order valence-electron chi connectivity index (χ3n) is 4.36. The van der Waals surface area contributed by atoms with E-state index < -0.39 is 0 Å². The first-order valence-electron chi connectivity index (χ1n) is 7.21. The molecule has 102 valence electrons. The number of methoxy groups -OCH3 is 1. The van der Waals surface area contributed by atoms with Gasteiger partial charge < -0.3 is 9.64 Å². The fraction of sp³-hybridized carbons (Fsp3) is 0.800. The van der Waals surface area contributed by atoms with Gasteiger partial charge in [0, 0.05) is 13.1 Å². The van der Waals surface area contributed by atoms with Gasteiger partial charge in [0.15, 0.2) is 0 Å². The third-order valence-corrected chi connectivity index (χ3v) is 4.36. The lowest BCUT2D eigenvalue weighted by atomic mass is 9.84. The zero-order chi connectivity index (χ0) is 13.0. The molecule has 1 aliphatic carbocycles. The Balaban J connectivity index is 2.20. The molecule has 0 saturated heterocycles. The molecule has 0 amide bonds. The molecule has 0 aromatic rings. The zero-order valence-electron chi connectivity index (χ0n) is 11.7. The first-order valence-corrected chi connectivity index (χ1v) is 7.21. The smallest absolute Gasteiger partial charge is 0.335 e. The topological polar surface area (TPSA) is 29.5 Å². The van der Waals surface area contributed by atoms with Crippen molar-refractivity contribution in [2.45, 2.75) is 44.9 Å². The van der Waals surface area contributed by atoms with Gasteiger partial charge in [-0.05, 0) is 32.2 Å². The van der Waals surface area contributed by atoms with Crippen LogP contribution in [0.15, 0.2) is 11.1 Å². The Kier molecular flexibility index (Phi) is 4.81. The molecule has 1 heterocycles. The normalized spacial score (nSPS) is 23.9. The summed E-state index contributed by atoms with van der Waals surface area (Å²) in [5.74, 6) is 0.524. The standard InChI is InChI=1S/C15H25NO2/c1-16-10-9-13(14(11-16)15(17)18-2)12-7-5-3-4-6-8-12/h12H,3-11H2,1-2H3. The fourth-order valence-corrected chi connectivity index (χ4v) is 3.31. The van der Waals surface area contributed by atoms with Crippen LogP contribution in [-0.4, -0.2) is 38.1 Å². The average molecular weight is 251 g/mol.